The lowest BCUT2D eigenvalue weighted by Gasteiger charge is -2.11. The Labute approximate surface area is 137 Å². The van der Waals surface area contributed by atoms with E-state index in [0.717, 1.165) is 11.1 Å². The minimum Gasteiger partial charge on any atom is -0.495 e. The van der Waals surface area contributed by atoms with Crippen LogP contribution in [0.5, 0.6) is 5.75 Å². The molecule has 0 fully saturated rings. The highest BCUT2D eigenvalue weighted by molar-refractivity contribution is 7.89. The van der Waals surface area contributed by atoms with E-state index in [1.165, 1.54) is 24.7 Å². The van der Waals surface area contributed by atoms with Crippen molar-refractivity contribution < 1.29 is 17.6 Å². The molecule has 1 N–H and O–H groups in total. The van der Waals surface area contributed by atoms with E-state index in [-0.39, 0.29) is 17.2 Å². The van der Waals surface area contributed by atoms with E-state index < -0.39 is 10.0 Å². The number of nitrogens with zero attached hydrogens (tertiary/aromatic N) is 1. The second-order valence-corrected chi connectivity index (χ2v) is 7.34. The fourth-order valence-electron chi connectivity index (χ4n) is 2.07. The van der Waals surface area contributed by atoms with Gasteiger partial charge in [0, 0.05) is 17.1 Å². The van der Waals surface area contributed by atoms with Crippen molar-refractivity contribution in [1.29, 1.82) is 0 Å². The highest BCUT2D eigenvalue weighted by Crippen LogP contribution is 2.30. The summed E-state index contributed by atoms with van der Waals surface area (Å²) in [6, 6.07) is 6.74. The summed E-state index contributed by atoms with van der Waals surface area (Å²) in [7, 11) is -2.29. The summed E-state index contributed by atoms with van der Waals surface area (Å²) in [5, 5.41) is 2.49. The summed E-state index contributed by atoms with van der Waals surface area (Å²) < 4.78 is 38.0. The van der Waals surface area contributed by atoms with Gasteiger partial charge in [0.15, 0.2) is 0 Å². The molecular formula is C15H14N2O4S2. The number of ether oxygens (including phenoxy) is 1. The third-order valence-electron chi connectivity index (χ3n) is 3.20. The molecule has 3 rings (SSSR count). The molecule has 8 heteroatoms. The molecule has 2 heterocycles. The Kier molecular flexibility index (Phi) is 4.46. The first-order valence-corrected chi connectivity index (χ1v) is 9.05. The molecule has 0 aliphatic rings. The van der Waals surface area contributed by atoms with Gasteiger partial charge in [-0.2, -0.15) is 0 Å². The summed E-state index contributed by atoms with van der Waals surface area (Å²) in [6.45, 7) is 0.138. The van der Waals surface area contributed by atoms with Crippen molar-refractivity contribution in [3.63, 3.8) is 0 Å². The van der Waals surface area contributed by atoms with Crippen LogP contribution in [-0.2, 0) is 16.6 Å². The van der Waals surface area contributed by atoms with Crippen molar-refractivity contribution in [2.45, 2.75) is 11.4 Å². The van der Waals surface area contributed by atoms with Gasteiger partial charge in [-0.05, 0) is 23.8 Å². The van der Waals surface area contributed by atoms with Gasteiger partial charge in [-0.1, -0.05) is 6.07 Å². The number of methoxy groups -OCH3 is 1. The number of furan rings is 1. The fourth-order valence-corrected chi connectivity index (χ4v) is 3.90. The van der Waals surface area contributed by atoms with Crippen molar-refractivity contribution in [2.24, 2.45) is 0 Å². The van der Waals surface area contributed by atoms with Gasteiger partial charge in [0.2, 0.25) is 10.0 Å². The molecule has 0 amide bonds. The molecule has 120 valence electrons. The Morgan fingerprint density at radius 3 is 2.83 bits per heavy atom. The quantitative estimate of drug-likeness (QED) is 0.739. The molecule has 0 saturated carbocycles. The zero-order valence-corrected chi connectivity index (χ0v) is 13.9. The summed E-state index contributed by atoms with van der Waals surface area (Å²) in [4.78, 5) is 4.14. The zero-order valence-electron chi connectivity index (χ0n) is 12.2. The van der Waals surface area contributed by atoms with E-state index in [0.29, 0.717) is 5.01 Å². The second kappa shape index (κ2) is 6.53. The average Bonchev–Trinajstić information content (AvgIpc) is 3.25. The maximum atomic E-state index is 12.6. The predicted octanol–water partition coefficient (Wildman–Crippen LogP) is 2.89. The Morgan fingerprint density at radius 2 is 2.17 bits per heavy atom. The van der Waals surface area contributed by atoms with E-state index in [2.05, 4.69) is 9.71 Å². The predicted molar refractivity (Wildman–Crippen MR) is 86.8 cm³/mol. The minimum absolute atomic E-state index is 0.0789. The van der Waals surface area contributed by atoms with E-state index in [4.69, 9.17) is 9.15 Å². The molecule has 6 nitrogen and oxygen atoms in total. The monoisotopic (exact) mass is 350 g/mol. The number of rotatable bonds is 6. The van der Waals surface area contributed by atoms with Crippen LogP contribution < -0.4 is 9.46 Å². The maximum Gasteiger partial charge on any atom is 0.244 e. The molecule has 0 atom stereocenters. The Morgan fingerprint density at radius 1 is 1.30 bits per heavy atom. The Hall–Kier alpha value is -2.16. The molecule has 0 spiro atoms. The molecule has 1 aromatic carbocycles. The van der Waals surface area contributed by atoms with Crippen molar-refractivity contribution in [3.05, 3.63) is 53.4 Å². The number of thiazole rings is 1. The molecule has 0 aliphatic heterocycles. The third kappa shape index (κ3) is 3.44. The third-order valence-corrected chi connectivity index (χ3v) is 5.41. The van der Waals surface area contributed by atoms with Crippen LogP contribution in [0.1, 0.15) is 5.01 Å². The van der Waals surface area contributed by atoms with E-state index >= 15 is 0 Å². The highest BCUT2D eigenvalue weighted by atomic mass is 32.2. The van der Waals surface area contributed by atoms with Crippen LogP contribution in [0.3, 0.4) is 0 Å². The van der Waals surface area contributed by atoms with Gasteiger partial charge in [0.25, 0.3) is 0 Å². The van der Waals surface area contributed by atoms with Crippen LogP contribution in [0.4, 0.5) is 0 Å². The fraction of sp³-hybridized carbons (Fsp3) is 0.133. The van der Waals surface area contributed by atoms with Gasteiger partial charge in [0.05, 0.1) is 26.2 Å². The van der Waals surface area contributed by atoms with Crippen molar-refractivity contribution >= 4 is 21.4 Å². The summed E-state index contributed by atoms with van der Waals surface area (Å²) in [5.41, 5.74) is 1.53. The van der Waals surface area contributed by atoms with Crippen LogP contribution >= 0.6 is 11.3 Å². The topological polar surface area (TPSA) is 81.4 Å². The number of aromatic nitrogens is 1. The first-order valence-electron chi connectivity index (χ1n) is 6.69. The van der Waals surface area contributed by atoms with Gasteiger partial charge in [0.1, 0.15) is 15.7 Å². The number of benzene rings is 1. The number of nitrogens with one attached hydrogen (secondary N) is 1. The van der Waals surface area contributed by atoms with Crippen LogP contribution in [0.2, 0.25) is 0 Å². The van der Waals surface area contributed by atoms with Gasteiger partial charge >= 0.3 is 0 Å². The minimum atomic E-state index is -3.73. The molecule has 0 aliphatic carbocycles. The average molecular weight is 350 g/mol. The Bertz CT molecular complexity index is 872. The van der Waals surface area contributed by atoms with Crippen LogP contribution in [0.25, 0.3) is 11.1 Å². The highest BCUT2D eigenvalue weighted by Gasteiger charge is 2.20. The van der Waals surface area contributed by atoms with Crippen LogP contribution in [-0.4, -0.2) is 20.5 Å². The van der Waals surface area contributed by atoms with Gasteiger partial charge in [-0.15, -0.1) is 11.3 Å². The smallest absolute Gasteiger partial charge is 0.244 e. The molecular weight excluding hydrogens is 336 g/mol. The van der Waals surface area contributed by atoms with Crippen LogP contribution in [0, 0.1) is 0 Å². The lowest BCUT2D eigenvalue weighted by molar-refractivity contribution is 0.402. The molecule has 0 unspecified atom stereocenters. The van der Waals surface area contributed by atoms with Gasteiger partial charge in [-0.25, -0.2) is 18.1 Å². The lowest BCUT2D eigenvalue weighted by atomic mass is 10.1. The molecule has 2 aromatic heterocycles. The molecule has 23 heavy (non-hydrogen) atoms. The van der Waals surface area contributed by atoms with Gasteiger partial charge < -0.3 is 9.15 Å². The molecule has 0 radical (unpaired) electrons. The molecule has 0 saturated heterocycles. The summed E-state index contributed by atoms with van der Waals surface area (Å²) >= 11 is 1.39. The summed E-state index contributed by atoms with van der Waals surface area (Å²) in [6.07, 6.45) is 4.73. The number of sulfonamides is 1. The van der Waals surface area contributed by atoms with Crippen molar-refractivity contribution in [3.8, 4) is 16.9 Å². The molecule has 0 bridgehead atoms. The normalized spacial score (nSPS) is 11.5. The molecule has 3 aromatic rings. The van der Waals surface area contributed by atoms with Crippen LogP contribution in [0.15, 0.2) is 57.7 Å². The number of hydrogen-bond acceptors (Lipinski definition) is 6. The van der Waals surface area contributed by atoms with E-state index in [1.54, 1.807) is 42.1 Å². The first kappa shape index (κ1) is 15.7. The first-order chi connectivity index (χ1) is 11.1. The second-order valence-electron chi connectivity index (χ2n) is 4.63. The van der Waals surface area contributed by atoms with Crippen molar-refractivity contribution in [1.82, 2.24) is 9.71 Å². The largest absolute Gasteiger partial charge is 0.495 e. The Balaban J connectivity index is 1.94. The summed E-state index contributed by atoms with van der Waals surface area (Å²) in [5.74, 6) is 0.281. The van der Waals surface area contributed by atoms with Gasteiger partial charge in [-0.3, -0.25) is 0 Å². The van der Waals surface area contributed by atoms with E-state index in [9.17, 15) is 8.42 Å². The standard InChI is InChI=1S/C15H14N2O4S2/c1-20-13-3-2-11(12-4-6-21-10-12)8-14(13)23(18,19)17-9-15-16-5-7-22-15/h2-8,10,17H,9H2,1H3. The lowest BCUT2D eigenvalue weighted by Crippen LogP contribution is -2.23. The number of hydrogen-bond donors (Lipinski definition) is 1. The maximum absolute atomic E-state index is 12.6. The zero-order chi connectivity index (χ0) is 16.3. The van der Waals surface area contributed by atoms with E-state index in [1.807, 2.05) is 0 Å². The van der Waals surface area contributed by atoms with Crippen molar-refractivity contribution in [2.75, 3.05) is 7.11 Å². The SMILES string of the molecule is COc1ccc(-c2ccoc2)cc1S(=O)(=O)NCc1nccs1.